The minimum Gasteiger partial charge on any atom is -1.00 e. The topological polar surface area (TPSA) is 309 Å². The van der Waals surface area contributed by atoms with Gasteiger partial charge in [-0.2, -0.15) is 0 Å². The van der Waals surface area contributed by atoms with Crippen molar-refractivity contribution in [3.8, 4) is 11.5 Å². The van der Waals surface area contributed by atoms with Gasteiger partial charge in [-0.15, -0.1) is 0 Å². The number of anilines is 6. The van der Waals surface area contributed by atoms with Crippen LogP contribution in [0.25, 0.3) is 21.8 Å². The minimum atomic E-state index is -1.00. The number of carbonyl (C=O) groups excluding carboxylic acids is 5. The predicted molar refractivity (Wildman–Crippen MR) is 423 cm³/mol. The van der Waals surface area contributed by atoms with Crippen molar-refractivity contribution in [1.29, 1.82) is 0 Å². The number of rotatable bonds is 45. The molecule has 2 amide bonds. The monoisotopic (exact) mass is 1840 g/mol. The molecule has 608 valence electrons. The number of carbonyl (C=O) groups is 5. The van der Waals surface area contributed by atoms with Crippen molar-refractivity contribution in [3.63, 3.8) is 0 Å². The van der Waals surface area contributed by atoms with Gasteiger partial charge in [0.1, 0.15) is 58.6 Å². The molecule has 4 aromatic carbocycles. The number of esters is 2. The fourth-order valence-corrected chi connectivity index (χ4v) is 9.82. The average Bonchev–Trinajstić information content (AvgIpc) is 0.774. The van der Waals surface area contributed by atoms with Crippen LogP contribution in [0, 0.1) is 11.6 Å². The summed E-state index contributed by atoms with van der Waals surface area (Å²) >= 11 is 11.8. The van der Waals surface area contributed by atoms with Crippen molar-refractivity contribution in [2.75, 3.05) is 129 Å². The maximum atomic E-state index is 13.7. The van der Waals surface area contributed by atoms with Crippen LogP contribution in [-0.2, 0) is 57.3 Å². The molecule has 0 bridgehead atoms. The third-order valence-electron chi connectivity index (χ3n) is 14.6. The Morgan fingerprint density at radius 3 is 1.29 bits per heavy atom. The Morgan fingerprint density at radius 2 is 0.919 bits per heavy atom. The number of likely N-dealkylation sites (N-methyl/N-ethyl adjacent to an activating group) is 2. The Kier molecular flexibility index (Phi) is 60.4. The van der Waals surface area contributed by atoms with E-state index in [0.717, 1.165) is 103 Å². The molecule has 0 aliphatic carbocycles. The van der Waals surface area contributed by atoms with Gasteiger partial charge in [-0.3, -0.25) is 28.4 Å². The van der Waals surface area contributed by atoms with Crippen LogP contribution in [0.3, 0.4) is 0 Å². The molecule has 6 rings (SSSR count). The molecular weight excluding hydrogens is 1720 g/mol. The SMILES string of the molecule is CCCCCOCCCCOCCCCCC(=O)OC(C)(C)C.CN(C)C/C=C/C(=O)Nc1cc2c(Nc3ccc(F)c(Cl)c3)ncnc2cc1O.CN(C)C/C=C/C(=O)Nc1cc2c(Nc3ccc(F)c(Cl)c3)ncnc2cc1OCCCCOCCCCOCCCCCC(=O)OC(C)(C)C.O=CO[O-].[2H]CF.[Cs+].[Cs+].[H-]. The Bertz CT molecular complexity index is 3710. The van der Waals surface area contributed by atoms with Crippen LogP contribution in [0.2, 0.25) is 10.0 Å². The molecule has 0 atom stereocenters. The molecule has 0 spiro atoms. The molecule has 0 radical (unpaired) electrons. The summed E-state index contributed by atoms with van der Waals surface area (Å²) in [5.74, 6) is -0.731. The molecule has 5 N–H and O–H groups in total. The first kappa shape index (κ1) is 105. The minimum absolute atomic E-state index is 0. The Labute approximate surface area is 784 Å². The van der Waals surface area contributed by atoms with E-state index in [1.54, 1.807) is 36.4 Å². The summed E-state index contributed by atoms with van der Waals surface area (Å²) in [4.78, 5) is 80.4. The Morgan fingerprint density at radius 1 is 0.559 bits per heavy atom. The van der Waals surface area contributed by atoms with E-state index in [-0.39, 0.29) is 197 Å². The number of phenols is 1. The van der Waals surface area contributed by atoms with E-state index < -0.39 is 24.4 Å². The summed E-state index contributed by atoms with van der Waals surface area (Å²) < 4.78 is 82.0. The van der Waals surface area contributed by atoms with Crippen LogP contribution < -0.4 is 169 Å². The molecule has 0 unspecified atom stereocenters. The van der Waals surface area contributed by atoms with E-state index in [4.69, 9.17) is 67.8 Å². The van der Waals surface area contributed by atoms with Crippen molar-refractivity contribution in [2.24, 2.45) is 0 Å². The zero-order valence-corrected chi connectivity index (χ0v) is 81.1. The number of amides is 2. The van der Waals surface area contributed by atoms with E-state index in [1.165, 1.54) is 80.5 Å². The van der Waals surface area contributed by atoms with E-state index >= 15 is 0 Å². The van der Waals surface area contributed by atoms with Crippen molar-refractivity contribution in [1.82, 2.24) is 29.7 Å². The summed E-state index contributed by atoms with van der Waals surface area (Å²) in [5, 5.41) is 31.6. The zero-order chi connectivity index (χ0) is 81.5. The van der Waals surface area contributed by atoms with Gasteiger partial charge in [0.25, 0.3) is 6.47 Å². The molecule has 2 heterocycles. The fraction of sp³-hybridized carbons (Fsp3) is 0.532. The second-order valence-corrected chi connectivity index (χ2v) is 27.9. The molecule has 2 aromatic heterocycles. The number of fused-ring (bicyclic) bond motifs is 2. The van der Waals surface area contributed by atoms with Gasteiger partial charge in [0, 0.05) is 125 Å². The van der Waals surface area contributed by atoms with E-state index in [0.29, 0.717) is 115 Å². The van der Waals surface area contributed by atoms with Gasteiger partial charge in [-0.25, -0.2) is 28.7 Å². The number of halogens is 5. The van der Waals surface area contributed by atoms with Crippen LogP contribution in [-0.4, -0.2) is 184 Å². The number of phenolic OH excluding ortho intramolecular Hbond substituents is 1. The van der Waals surface area contributed by atoms with Crippen LogP contribution in [0.15, 0.2) is 97.6 Å². The first-order chi connectivity index (χ1) is 52.5. The first-order valence-corrected chi connectivity index (χ1v) is 37.2. The molecule has 6 aromatic rings. The number of benzene rings is 4. The third-order valence-corrected chi connectivity index (χ3v) is 15.1. The van der Waals surface area contributed by atoms with Crippen molar-refractivity contribution in [2.45, 2.75) is 169 Å². The maximum Gasteiger partial charge on any atom is 1.00 e. The molecule has 111 heavy (non-hydrogen) atoms. The van der Waals surface area contributed by atoms with Gasteiger partial charge >= 0.3 is 150 Å². The first-order valence-electron chi connectivity index (χ1n) is 37.1. The molecule has 0 aliphatic rings. The number of ether oxygens (including phenoxy) is 7. The standard InChI is InChI=1S/C38H53ClFN5O6.C20H19ClFN5O2.C19H38O4.CH3F.CH2O3.2Cs.H/c1-38(2,3)51-36(47)15-7-6-8-19-48-20-9-10-21-49-22-11-12-23-50-34-26-32-29(25-33(34)44-35(46)14-13-18-45(4)5)37(42-27-41-32)43-28-16-17-31(40)30(39)24-28;1-27(2)7-3-4-19(29)26-17-9-13-16(10-18(17)28)23-11-24-20(13)25-12-5-6-15(22)14(21)8-12;1-5-6-9-14-21-16-11-12-17-22-15-10-7-8-13-18(20)23-19(2,3)4;1-2;2-1-4-3;;;/h13-14,16-17,24-27H,6-12,15,18-23H2,1-5H3,(H,44,46)(H,41,42,43);3-6,8-11,28H,7H2,1-2H3,(H,26,29)(H,23,24,25);5-17H2,1-4H3;1H3;1,3H;;;/q;;;;;2*+1;-1/p-1/b14-13+;4-3+;;;;;;/i;;;1D;;;;. The smallest absolute Gasteiger partial charge is 1.00 e. The molecular formula is C79H115Cl2Cs2F3N10O15. The quantitative estimate of drug-likeness (QED) is 0.00451. The van der Waals surface area contributed by atoms with E-state index in [9.17, 15) is 37.5 Å². The molecule has 0 aliphatic heterocycles. The number of hydrogen-bond donors (Lipinski definition) is 5. The van der Waals surface area contributed by atoms with Crippen molar-refractivity contribution in [3.05, 3.63) is 119 Å². The van der Waals surface area contributed by atoms with E-state index in [2.05, 4.69) is 53.0 Å². The van der Waals surface area contributed by atoms with Gasteiger partial charge in [0.2, 0.25) is 11.8 Å². The molecule has 25 nitrogen and oxygen atoms in total. The number of aromatic nitrogens is 4. The van der Waals surface area contributed by atoms with Crippen molar-refractivity contribution >= 4 is 110 Å². The van der Waals surface area contributed by atoms with Crippen LogP contribution >= 0.6 is 23.2 Å². The van der Waals surface area contributed by atoms with Gasteiger partial charge in [-0.1, -0.05) is 68.0 Å². The number of hydrogen-bond acceptors (Lipinski definition) is 23. The number of unbranched alkanes of at least 4 members (excludes halogenated alkanes) is 9. The van der Waals surface area contributed by atoms with Crippen molar-refractivity contribution < 1.29 is 226 Å². The van der Waals surface area contributed by atoms with Crippen LogP contribution in [0.4, 0.5) is 47.6 Å². The largest absolute Gasteiger partial charge is 1.00 e. The Hall–Kier alpha value is -4.22. The Balaban J connectivity index is 0. The van der Waals surface area contributed by atoms with Crippen LogP contribution in [0.1, 0.15) is 160 Å². The van der Waals surface area contributed by atoms with Gasteiger partial charge in [-0.05, 0) is 189 Å². The number of aromatic hydroxyl groups is 1. The zero-order valence-electron chi connectivity index (χ0n) is 69.1. The molecule has 0 fully saturated rings. The number of nitrogens with one attached hydrogen (secondary N) is 4. The summed E-state index contributed by atoms with van der Waals surface area (Å²) in [6, 6.07) is 15.0. The molecule has 0 saturated heterocycles. The summed E-state index contributed by atoms with van der Waals surface area (Å²) in [7, 11) is 6.62. The summed E-state index contributed by atoms with van der Waals surface area (Å²) in [5.41, 5.74) is 2.02. The predicted octanol–water partition coefficient (Wildman–Crippen LogP) is 10.1. The summed E-state index contributed by atoms with van der Waals surface area (Å²) in [6.07, 6.45) is 24.9. The molecule has 0 saturated carbocycles. The normalized spacial score (nSPS) is 11.1. The van der Waals surface area contributed by atoms with E-state index in [1.807, 2.05) is 79.5 Å². The second-order valence-electron chi connectivity index (χ2n) is 27.1. The fourth-order valence-electron chi connectivity index (χ4n) is 9.46. The average molecular weight is 1840 g/mol. The number of alkyl halides is 1. The summed E-state index contributed by atoms with van der Waals surface area (Å²) in [6.45, 7) is 21.0. The van der Waals surface area contributed by atoms with Gasteiger partial charge in [0.05, 0.1) is 47.6 Å². The maximum absolute atomic E-state index is 13.7. The number of nitrogens with zero attached hydrogens (tertiary/aromatic N) is 6. The van der Waals surface area contributed by atoms with Crippen LogP contribution in [0.5, 0.6) is 11.5 Å². The second kappa shape index (κ2) is 63.9. The molecule has 32 heteroatoms. The third kappa shape index (κ3) is 52.2. The van der Waals surface area contributed by atoms with Gasteiger partial charge in [0.15, 0.2) is 0 Å². The van der Waals surface area contributed by atoms with Gasteiger partial charge < -0.3 is 80.9 Å².